The summed E-state index contributed by atoms with van der Waals surface area (Å²) in [5.74, 6) is -0.00677. The Kier molecular flexibility index (Phi) is 4.20. The lowest BCUT2D eigenvalue weighted by Crippen LogP contribution is -2.30. The summed E-state index contributed by atoms with van der Waals surface area (Å²) >= 11 is 5.27. The highest BCUT2D eigenvalue weighted by molar-refractivity contribution is 7.71. The molecule has 0 saturated heterocycles. The minimum atomic E-state index is -0.00677. The molecule has 104 valence electrons. The van der Waals surface area contributed by atoms with Crippen LogP contribution in [-0.2, 0) is 11.3 Å². The Morgan fingerprint density at radius 2 is 2.30 bits per heavy atom. The van der Waals surface area contributed by atoms with Crippen molar-refractivity contribution in [2.45, 2.75) is 32.9 Å². The molecule has 1 aromatic carbocycles. The first-order valence-corrected chi connectivity index (χ1v) is 6.84. The molecule has 0 unspecified atom stereocenters. The van der Waals surface area contributed by atoms with Crippen LogP contribution in [-0.4, -0.2) is 21.5 Å². The Hall–Kier alpha value is -2.13. The van der Waals surface area contributed by atoms with E-state index in [0.29, 0.717) is 23.3 Å². The average Bonchev–Trinajstić information content (AvgIpc) is 2.70. The predicted octanol–water partition coefficient (Wildman–Crippen LogP) is 2.49. The number of amides is 1. The fraction of sp³-hybridized carbons (Fsp3) is 0.357. The summed E-state index contributed by atoms with van der Waals surface area (Å²) in [6, 6.07) is 7.58. The number of hydrogen-bond acceptors (Lipinski definition) is 3. The normalized spacial score (nSPS) is 10.7. The zero-order valence-electron chi connectivity index (χ0n) is 11.4. The zero-order chi connectivity index (χ0) is 14.7. The van der Waals surface area contributed by atoms with Gasteiger partial charge in [-0.15, -0.1) is 0 Å². The van der Waals surface area contributed by atoms with Gasteiger partial charge in [-0.3, -0.25) is 4.79 Å². The molecule has 1 amide bonds. The molecule has 5 nitrogen and oxygen atoms in total. The lowest BCUT2D eigenvalue weighted by molar-refractivity contribution is -0.121. The lowest BCUT2D eigenvalue weighted by Gasteiger charge is -2.09. The maximum atomic E-state index is 11.7. The molecule has 0 aliphatic heterocycles. The highest BCUT2D eigenvalue weighted by Crippen LogP contribution is 2.16. The minimum absolute atomic E-state index is 0.00677. The summed E-state index contributed by atoms with van der Waals surface area (Å²) in [4.78, 5) is 14.8. The molecule has 0 aliphatic carbocycles. The number of imidazole rings is 1. The van der Waals surface area contributed by atoms with Gasteiger partial charge in [-0.2, -0.15) is 5.26 Å². The third-order valence-corrected chi connectivity index (χ3v) is 3.24. The van der Waals surface area contributed by atoms with Gasteiger partial charge in [0.25, 0.3) is 0 Å². The van der Waals surface area contributed by atoms with Crippen LogP contribution in [0.3, 0.4) is 0 Å². The molecule has 1 heterocycles. The van der Waals surface area contributed by atoms with Gasteiger partial charge in [-0.05, 0) is 44.3 Å². The van der Waals surface area contributed by atoms with E-state index >= 15 is 0 Å². The van der Waals surface area contributed by atoms with Crippen molar-refractivity contribution in [1.82, 2.24) is 14.9 Å². The first-order valence-electron chi connectivity index (χ1n) is 6.43. The molecule has 0 saturated carbocycles. The standard InChI is InChI=1S/C14H16N4OS/c1-9(2)16-13(19)5-6-18-12-7-10(8-15)3-4-11(12)17-14(18)20/h3-4,7,9H,5-6H2,1-2H3,(H,16,19)(H,17,20). The van der Waals surface area contributed by atoms with E-state index in [9.17, 15) is 4.79 Å². The number of carbonyl (C=O) groups is 1. The monoisotopic (exact) mass is 288 g/mol. The van der Waals surface area contributed by atoms with Gasteiger partial charge >= 0.3 is 0 Å². The Balaban J connectivity index is 2.25. The highest BCUT2D eigenvalue weighted by Gasteiger charge is 2.08. The number of rotatable bonds is 4. The smallest absolute Gasteiger partial charge is 0.221 e. The summed E-state index contributed by atoms with van der Waals surface area (Å²) in [7, 11) is 0. The van der Waals surface area contributed by atoms with Crippen LogP contribution in [0.4, 0.5) is 0 Å². The van der Waals surface area contributed by atoms with E-state index in [1.54, 1.807) is 12.1 Å². The lowest BCUT2D eigenvalue weighted by atomic mass is 10.2. The number of hydrogen-bond donors (Lipinski definition) is 2. The Morgan fingerprint density at radius 3 is 2.95 bits per heavy atom. The first-order chi connectivity index (χ1) is 9.51. The number of nitriles is 1. The van der Waals surface area contributed by atoms with Crippen molar-refractivity contribution in [3.05, 3.63) is 28.5 Å². The molecule has 2 aromatic rings. The fourth-order valence-electron chi connectivity index (χ4n) is 2.05. The van der Waals surface area contributed by atoms with E-state index in [0.717, 1.165) is 11.0 Å². The predicted molar refractivity (Wildman–Crippen MR) is 79.7 cm³/mol. The molecule has 6 heteroatoms. The Bertz CT molecular complexity index is 736. The Labute approximate surface area is 122 Å². The van der Waals surface area contributed by atoms with Gasteiger partial charge in [0, 0.05) is 19.0 Å². The number of aromatic amines is 1. The molecule has 20 heavy (non-hydrogen) atoms. The Morgan fingerprint density at radius 1 is 1.55 bits per heavy atom. The second-order valence-electron chi connectivity index (χ2n) is 4.90. The molecule has 0 spiro atoms. The van der Waals surface area contributed by atoms with Crippen LogP contribution in [0.25, 0.3) is 11.0 Å². The molecule has 2 N–H and O–H groups in total. The summed E-state index contributed by atoms with van der Waals surface area (Å²) in [6.45, 7) is 4.34. The van der Waals surface area contributed by atoms with Crippen LogP contribution in [0.2, 0.25) is 0 Å². The van der Waals surface area contributed by atoms with Gasteiger partial charge in [0.15, 0.2) is 4.77 Å². The van der Waals surface area contributed by atoms with Crippen LogP contribution in [0.1, 0.15) is 25.8 Å². The van der Waals surface area contributed by atoms with Gasteiger partial charge in [0.05, 0.1) is 22.7 Å². The van der Waals surface area contributed by atoms with E-state index in [1.807, 2.05) is 24.5 Å². The average molecular weight is 288 g/mol. The SMILES string of the molecule is CC(C)NC(=O)CCn1c(=S)[nH]c2ccc(C#N)cc21. The molecule has 0 atom stereocenters. The van der Waals surface area contributed by atoms with E-state index in [2.05, 4.69) is 16.4 Å². The number of fused-ring (bicyclic) bond motifs is 1. The first kappa shape index (κ1) is 14.3. The minimum Gasteiger partial charge on any atom is -0.354 e. The van der Waals surface area contributed by atoms with Crippen molar-refractivity contribution in [2.75, 3.05) is 0 Å². The van der Waals surface area contributed by atoms with Gasteiger partial charge in [-0.25, -0.2) is 0 Å². The molecule has 1 aromatic heterocycles. The van der Waals surface area contributed by atoms with Crippen LogP contribution >= 0.6 is 12.2 Å². The fourth-order valence-corrected chi connectivity index (χ4v) is 2.35. The summed E-state index contributed by atoms with van der Waals surface area (Å²) < 4.78 is 2.42. The van der Waals surface area contributed by atoms with E-state index in [-0.39, 0.29) is 11.9 Å². The van der Waals surface area contributed by atoms with E-state index < -0.39 is 0 Å². The zero-order valence-corrected chi connectivity index (χ0v) is 12.3. The maximum Gasteiger partial charge on any atom is 0.221 e. The molecule has 0 aliphatic rings. The van der Waals surface area contributed by atoms with Crippen molar-refractivity contribution in [1.29, 1.82) is 5.26 Å². The topological polar surface area (TPSA) is 73.6 Å². The van der Waals surface area contributed by atoms with Crippen molar-refractivity contribution in [3.63, 3.8) is 0 Å². The van der Waals surface area contributed by atoms with Gasteiger partial charge in [0.2, 0.25) is 5.91 Å². The quantitative estimate of drug-likeness (QED) is 0.849. The van der Waals surface area contributed by atoms with Crippen LogP contribution < -0.4 is 5.32 Å². The second kappa shape index (κ2) is 5.88. The van der Waals surface area contributed by atoms with Crippen molar-refractivity contribution >= 4 is 29.2 Å². The molecular weight excluding hydrogens is 272 g/mol. The van der Waals surface area contributed by atoms with Gasteiger partial charge in [-0.1, -0.05) is 0 Å². The number of aryl methyl sites for hydroxylation is 1. The van der Waals surface area contributed by atoms with Gasteiger partial charge < -0.3 is 14.9 Å². The molecule has 2 rings (SSSR count). The third-order valence-electron chi connectivity index (χ3n) is 2.92. The van der Waals surface area contributed by atoms with Crippen LogP contribution in [0.5, 0.6) is 0 Å². The van der Waals surface area contributed by atoms with E-state index in [4.69, 9.17) is 17.5 Å². The third kappa shape index (κ3) is 3.06. The number of carbonyl (C=O) groups excluding carboxylic acids is 1. The molecular formula is C14H16N4OS. The van der Waals surface area contributed by atoms with Crippen molar-refractivity contribution in [2.24, 2.45) is 0 Å². The summed E-state index contributed by atoms with van der Waals surface area (Å²) in [5.41, 5.74) is 2.30. The summed E-state index contributed by atoms with van der Waals surface area (Å²) in [6.07, 6.45) is 0.357. The van der Waals surface area contributed by atoms with Gasteiger partial charge in [0.1, 0.15) is 0 Å². The number of H-pyrrole nitrogens is 1. The molecule has 0 bridgehead atoms. The van der Waals surface area contributed by atoms with Crippen molar-refractivity contribution < 1.29 is 4.79 Å². The van der Waals surface area contributed by atoms with Crippen molar-refractivity contribution in [3.8, 4) is 6.07 Å². The highest BCUT2D eigenvalue weighted by atomic mass is 32.1. The number of nitrogens with zero attached hydrogens (tertiary/aromatic N) is 2. The maximum absolute atomic E-state index is 11.7. The number of benzene rings is 1. The number of aromatic nitrogens is 2. The molecule has 0 fully saturated rings. The largest absolute Gasteiger partial charge is 0.354 e. The van der Waals surface area contributed by atoms with E-state index in [1.165, 1.54) is 0 Å². The summed E-state index contributed by atoms with van der Waals surface area (Å²) in [5, 5.41) is 11.8. The molecule has 0 radical (unpaired) electrons. The second-order valence-corrected chi connectivity index (χ2v) is 5.28. The van der Waals surface area contributed by atoms with Crippen LogP contribution in [0.15, 0.2) is 18.2 Å². The van der Waals surface area contributed by atoms with Crippen LogP contribution in [0, 0.1) is 16.1 Å². The number of nitrogens with one attached hydrogen (secondary N) is 2.